The zero-order valence-electron chi connectivity index (χ0n) is 12.7. The van der Waals surface area contributed by atoms with Crippen molar-refractivity contribution in [3.05, 3.63) is 29.3 Å². The van der Waals surface area contributed by atoms with Crippen molar-refractivity contribution in [3.8, 4) is 0 Å². The van der Waals surface area contributed by atoms with Crippen molar-refractivity contribution in [3.63, 3.8) is 0 Å². The van der Waals surface area contributed by atoms with Gasteiger partial charge >= 0.3 is 0 Å². The number of carbonyl (C=O) groups excluding carboxylic acids is 1. The molecular weight excluding hydrogens is 320 g/mol. The van der Waals surface area contributed by atoms with Crippen molar-refractivity contribution < 1.29 is 13.2 Å². The van der Waals surface area contributed by atoms with Crippen LogP contribution in [0, 0.1) is 13.8 Å². The van der Waals surface area contributed by atoms with E-state index in [0.29, 0.717) is 5.17 Å². The van der Waals surface area contributed by atoms with Crippen molar-refractivity contribution in [2.45, 2.75) is 32.1 Å². The van der Waals surface area contributed by atoms with Gasteiger partial charge in [-0.3, -0.25) is 4.79 Å². The topological polar surface area (TPSA) is 66.8 Å². The molecule has 2 unspecified atom stereocenters. The molecular formula is C15H18N2O3S2. The molecule has 0 aromatic heterocycles. The minimum atomic E-state index is -3.02. The number of aryl methyl sites for hydroxylation is 2. The Kier molecular flexibility index (Phi) is 3.81. The monoisotopic (exact) mass is 338 g/mol. The largest absolute Gasteiger partial charge is 0.316 e. The number of amides is 1. The molecule has 0 bridgehead atoms. The van der Waals surface area contributed by atoms with Gasteiger partial charge in [0.2, 0.25) is 5.91 Å². The maximum Gasteiger partial charge on any atom is 0.244 e. The summed E-state index contributed by atoms with van der Waals surface area (Å²) in [5.41, 5.74) is 3.12. The van der Waals surface area contributed by atoms with Gasteiger partial charge in [0.25, 0.3) is 0 Å². The first-order valence-corrected chi connectivity index (χ1v) is 9.79. The van der Waals surface area contributed by atoms with E-state index in [1.165, 1.54) is 18.7 Å². The highest BCUT2D eigenvalue weighted by atomic mass is 32.2. The minimum Gasteiger partial charge on any atom is -0.316 e. The Morgan fingerprint density at radius 2 is 1.86 bits per heavy atom. The van der Waals surface area contributed by atoms with E-state index in [0.717, 1.165) is 16.8 Å². The Bertz CT molecular complexity index is 751. The number of amidine groups is 1. The molecule has 2 aliphatic heterocycles. The van der Waals surface area contributed by atoms with E-state index in [4.69, 9.17) is 0 Å². The average Bonchev–Trinajstić information content (AvgIpc) is 2.77. The molecule has 22 heavy (non-hydrogen) atoms. The molecule has 0 spiro atoms. The van der Waals surface area contributed by atoms with Crippen LogP contribution >= 0.6 is 11.8 Å². The lowest BCUT2D eigenvalue weighted by atomic mass is 10.1. The third kappa shape index (κ3) is 2.92. The van der Waals surface area contributed by atoms with Gasteiger partial charge in [0, 0.05) is 17.9 Å². The summed E-state index contributed by atoms with van der Waals surface area (Å²) in [5, 5.41) is 0.561. The second-order valence-corrected chi connectivity index (χ2v) is 9.29. The molecule has 7 heteroatoms. The summed E-state index contributed by atoms with van der Waals surface area (Å²) < 4.78 is 23.9. The highest BCUT2D eigenvalue weighted by Gasteiger charge is 2.49. The van der Waals surface area contributed by atoms with Crippen LogP contribution in [0.5, 0.6) is 0 Å². The molecule has 0 radical (unpaired) electrons. The van der Waals surface area contributed by atoms with Gasteiger partial charge in [0.1, 0.15) is 0 Å². The first-order chi connectivity index (χ1) is 10.2. The SMILES string of the molecule is CC(=O)N=C1SC2CS(=O)(=O)CC2N1c1cc(C)cc(C)c1. The van der Waals surface area contributed by atoms with E-state index < -0.39 is 9.84 Å². The molecule has 3 rings (SSSR count). The number of carbonyl (C=O) groups is 1. The normalized spacial score (nSPS) is 28.1. The van der Waals surface area contributed by atoms with Crippen LogP contribution in [0.1, 0.15) is 18.1 Å². The molecule has 1 aromatic rings. The van der Waals surface area contributed by atoms with Gasteiger partial charge in [-0.2, -0.15) is 4.99 Å². The fourth-order valence-corrected chi connectivity index (χ4v) is 7.05. The van der Waals surface area contributed by atoms with Crippen LogP contribution in [0.4, 0.5) is 5.69 Å². The second-order valence-electron chi connectivity index (χ2n) is 5.93. The van der Waals surface area contributed by atoms with Gasteiger partial charge in [-0.25, -0.2) is 8.42 Å². The van der Waals surface area contributed by atoms with Gasteiger partial charge in [-0.1, -0.05) is 17.8 Å². The number of sulfone groups is 1. The molecule has 2 heterocycles. The van der Waals surface area contributed by atoms with E-state index in [1.807, 2.05) is 30.9 Å². The third-order valence-electron chi connectivity index (χ3n) is 3.80. The predicted octanol–water partition coefficient (Wildman–Crippen LogP) is 1.92. The van der Waals surface area contributed by atoms with Crippen molar-refractivity contribution >= 4 is 38.4 Å². The van der Waals surface area contributed by atoms with Gasteiger partial charge in [0.15, 0.2) is 15.0 Å². The zero-order chi connectivity index (χ0) is 16.1. The van der Waals surface area contributed by atoms with E-state index in [9.17, 15) is 13.2 Å². The van der Waals surface area contributed by atoms with Gasteiger partial charge in [-0.05, 0) is 37.1 Å². The lowest BCUT2D eigenvalue weighted by molar-refractivity contribution is -0.115. The summed E-state index contributed by atoms with van der Waals surface area (Å²) in [5.74, 6) is 0.00879. The van der Waals surface area contributed by atoms with Gasteiger partial charge in [-0.15, -0.1) is 0 Å². The van der Waals surface area contributed by atoms with Crippen molar-refractivity contribution in [1.82, 2.24) is 0 Å². The molecule has 2 atom stereocenters. The quantitative estimate of drug-likeness (QED) is 0.783. The summed E-state index contributed by atoms with van der Waals surface area (Å²) in [4.78, 5) is 17.4. The maximum absolute atomic E-state index is 11.9. The summed E-state index contributed by atoms with van der Waals surface area (Å²) >= 11 is 1.40. The number of hydrogen-bond donors (Lipinski definition) is 0. The van der Waals surface area contributed by atoms with E-state index in [-0.39, 0.29) is 28.7 Å². The van der Waals surface area contributed by atoms with Crippen LogP contribution in [0.2, 0.25) is 0 Å². The Balaban J connectivity index is 2.08. The number of hydrogen-bond acceptors (Lipinski definition) is 4. The summed E-state index contributed by atoms with van der Waals surface area (Å²) in [7, 11) is -3.02. The van der Waals surface area contributed by atoms with Crippen molar-refractivity contribution in [2.24, 2.45) is 4.99 Å². The van der Waals surface area contributed by atoms with Gasteiger partial charge in [0.05, 0.1) is 17.5 Å². The molecule has 0 saturated carbocycles. The predicted molar refractivity (Wildman–Crippen MR) is 90.3 cm³/mol. The number of aliphatic imine (C=N–C) groups is 1. The Morgan fingerprint density at radius 3 is 2.45 bits per heavy atom. The molecule has 5 nitrogen and oxygen atoms in total. The van der Waals surface area contributed by atoms with E-state index in [1.54, 1.807) is 0 Å². The van der Waals surface area contributed by atoms with Crippen LogP contribution in [0.15, 0.2) is 23.2 Å². The first-order valence-electron chi connectivity index (χ1n) is 7.09. The van der Waals surface area contributed by atoms with Crippen LogP contribution in [-0.4, -0.2) is 42.3 Å². The molecule has 2 aliphatic rings. The highest BCUT2D eigenvalue weighted by molar-refractivity contribution is 8.16. The molecule has 118 valence electrons. The number of nitrogens with zero attached hydrogens (tertiary/aromatic N) is 2. The number of fused-ring (bicyclic) bond motifs is 1. The third-order valence-corrected chi connectivity index (χ3v) is 7.01. The van der Waals surface area contributed by atoms with E-state index in [2.05, 4.69) is 11.1 Å². The van der Waals surface area contributed by atoms with Crippen LogP contribution in [-0.2, 0) is 14.6 Å². The molecule has 0 aliphatic carbocycles. The maximum atomic E-state index is 11.9. The Labute approximate surface area is 134 Å². The molecule has 2 saturated heterocycles. The van der Waals surface area contributed by atoms with E-state index >= 15 is 0 Å². The van der Waals surface area contributed by atoms with Crippen molar-refractivity contribution in [2.75, 3.05) is 16.4 Å². The van der Waals surface area contributed by atoms with Crippen LogP contribution < -0.4 is 4.90 Å². The molecule has 0 N–H and O–H groups in total. The number of benzene rings is 1. The van der Waals surface area contributed by atoms with Gasteiger partial charge < -0.3 is 4.90 Å². The number of anilines is 1. The molecule has 1 amide bonds. The zero-order valence-corrected chi connectivity index (χ0v) is 14.4. The summed E-state index contributed by atoms with van der Waals surface area (Å²) in [6.07, 6.45) is 0. The average molecular weight is 338 g/mol. The lowest BCUT2D eigenvalue weighted by Gasteiger charge is -2.25. The van der Waals surface area contributed by atoms with Crippen LogP contribution in [0.3, 0.4) is 0 Å². The minimum absolute atomic E-state index is 0.0519. The highest BCUT2D eigenvalue weighted by Crippen LogP contribution is 2.41. The molecule has 2 fully saturated rings. The standard InChI is InChI=1S/C15H18N2O3S2/c1-9-4-10(2)6-12(5-9)17-13-7-22(19,20)8-14(13)21-15(17)16-11(3)18/h4-6,13-14H,7-8H2,1-3H3. The Morgan fingerprint density at radius 1 is 1.23 bits per heavy atom. The Hall–Kier alpha value is -1.34. The summed E-state index contributed by atoms with van der Waals surface area (Å²) in [6, 6.07) is 5.94. The summed E-state index contributed by atoms with van der Waals surface area (Å²) in [6.45, 7) is 5.42. The lowest BCUT2D eigenvalue weighted by Crippen LogP contribution is -2.37. The smallest absolute Gasteiger partial charge is 0.244 e. The fraction of sp³-hybridized carbons (Fsp3) is 0.467. The number of rotatable bonds is 1. The second kappa shape index (κ2) is 5.38. The van der Waals surface area contributed by atoms with Crippen molar-refractivity contribution in [1.29, 1.82) is 0 Å². The fourth-order valence-electron chi connectivity index (χ4n) is 3.09. The first kappa shape index (κ1) is 15.6. The van der Waals surface area contributed by atoms with Crippen LogP contribution in [0.25, 0.3) is 0 Å². The number of thioether (sulfide) groups is 1. The molecule has 1 aromatic carbocycles.